The van der Waals surface area contributed by atoms with Gasteiger partial charge in [-0.2, -0.15) is 0 Å². The van der Waals surface area contributed by atoms with Crippen molar-refractivity contribution in [1.82, 2.24) is 0 Å². The molecule has 1 N–H and O–H groups in total. The fraction of sp³-hybridized carbons (Fsp3) is 0.615. The lowest BCUT2D eigenvalue weighted by Crippen LogP contribution is -2.30. The maximum atomic E-state index is 11.5. The molecule has 2 rings (SSSR count). The van der Waals surface area contributed by atoms with E-state index >= 15 is 0 Å². The number of hydrogen-bond donors (Lipinski definition) is 1. The fourth-order valence-corrected chi connectivity index (χ4v) is 2.76. The van der Waals surface area contributed by atoms with Gasteiger partial charge in [-0.15, -0.1) is 0 Å². The van der Waals surface area contributed by atoms with E-state index in [9.17, 15) is 9.90 Å². The molecule has 0 radical (unpaired) electrons. The van der Waals surface area contributed by atoms with E-state index in [0.29, 0.717) is 12.3 Å². The number of rotatable bonds is 4. The Balaban J connectivity index is 2.14. The van der Waals surface area contributed by atoms with Crippen LogP contribution in [0, 0.1) is 11.3 Å². The third-order valence-electron chi connectivity index (χ3n) is 3.83. The predicted octanol–water partition coefficient (Wildman–Crippen LogP) is 3.10. The summed E-state index contributed by atoms with van der Waals surface area (Å²) < 4.78 is 5.28. The van der Waals surface area contributed by atoms with Crippen LogP contribution in [0.5, 0.6) is 0 Å². The average Bonchev–Trinajstić information content (AvgIpc) is 2.88. The number of aliphatic carboxylic acids is 1. The summed E-state index contributed by atoms with van der Waals surface area (Å²) in [6.07, 6.45) is 5.82. The summed E-state index contributed by atoms with van der Waals surface area (Å²) in [5, 5.41) is 9.43. The third kappa shape index (κ3) is 1.99. The standard InChI is InChI=1S/C13H18O3/c1-2-10-5-6-13(8-10,12(14)15)9-11-4-3-7-16-11/h3-4,7,10H,2,5-6,8-9H2,1H3,(H,14,15). The van der Waals surface area contributed by atoms with E-state index in [0.717, 1.165) is 31.4 Å². The molecule has 16 heavy (non-hydrogen) atoms. The van der Waals surface area contributed by atoms with Gasteiger partial charge in [-0.05, 0) is 37.3 Å². The van der Waals surface area contributed by atoms with Gasteiger partial charge in [0, 0.05) is 6.42 Å². The normalized spacial score (nSPS) is 29.4. The Morgan fingerprint density at radius 2 is 2.50 bits per heavy atom. The van der Waals surface area contributed by atoms with Gasteiger partial charge in [0.25, 0.3) is 0 Å². The minimum absolute atomic E-state index is 0.534. The molecule has 1 fully saturated rings. The molecule has 1 saturated carbocycles. The molecule has 0 aromatic carbocycles. The average molecular weight is 222 g/mol. The minimum atomic E-state index is -0.667. The molecular weight excluding hydrogens is 204 g/mol. The van der Waals surface area contributed by atoms with E-state index in [1.807, 2.05) is 12.1 Å². The summed E-state index contributed by atoms with van der Waals surface area (Å²) in [6.45, 7) is 2.13. The SMILES string of the molecule is CCC1CCC(Cc2ccco2)(C(=O)O)C1. The highest BCUT2D eigenvalue weighted by molar-refractivity contribution is 5.75. The van der Waals surface area contributed by atoms with Crippen LogP contribution in [0.25, 0.3) is 0 Å². The maximum absolute atomic E-state index is 11.5. The van der Waals surface area contributed by atoms with Crippen LogP contribution in [0.4, 0.5) is 0 Å². The van der Waals surface area contributed by atoms with Gasteiger partial charge in [0.1, 0.15) is 5.76 Å². The quantitative estimate of drug-likeness (QED) is 0.851. The Morgan fingerprint density at radius 1 is 1.69 bits per heavy atom. The molecule has 0 spiro atoms. The number of hydrogen-bond acceptors (Lipinski definition) is 2. The monoisotopic (exact) mass is 222 g/mol. The lowest BCUT2D eigenvalue weighted by molar-refractivity contribution is -0.149. The molecule has 1 aromatic heterocycles. The second kappa shape index (κ2) is 4.32. The van der Waals surface area contributed by atoms with Crippen molar-refractivity contribution in [2.45, 2.75) is 39.0 Å². The van der Waals surface area contributed by atoms with Crippen LogP contribution in [0.3, 0.4) is 0 Å². The lowest BCUT2D eigenvalue weighted by atomic mass is 9.81. The molecule has 1 heterocycles. The van der Waals surface area contributed by atoms with Gasteiger partial charge in [-0.3, -0.25) is 4.79 Å². The highest BCUT2D eigenvalue weighted by Gasteiger charge is 2.45. The van der Waals surface area contributed by atoms with Crippen LogP contribution in [0.15, 0.2) is 22.8 Å². The zero-order valence-electron chi connectivity index (χ0n) is 9.61. The largest absolute Gasteiger partial charge is 0.481 e. The van der Waals surface area contributed by atoms with Crippen LogP contribution in [-0.4, -0.2) is 11.1 Å². The van der Waals surface area contributed by atoms with Crippen LogP contribution in [0.2, 0.25) is 0 Å². The molecular formula is C13H18O3. The van der Waals surface area contributed by atoms with Gasteiger partial charge in [0.2, 0.25) is 0 Å². The zero-order chi connectivity index (χ0) is 11.6. The van der Waals surface area contributed by atoms with Crippen molar-refractivity contribution >= 4 is 5.97 Å². The van der Waals surface area contributed by atoms with Crippen LogP contribution < -0.4 is 0 Å². The third-order valence-corrected chi connectivity index (χ3v) is 3.83. The maximum Gasteiger partial charge on any atom is 0.310 e. The highest BCUT2D eigenvalue weighted by atomic mass is 16.4. The summed E-state index contributed by atoms with van der Waals surface area (Å²) in [5.41, 5.74) is -0.585. The van der Waals surface area contributed by atoms with E-state index in [4.69, 9.17) is 4.42 Å². The molecule has 3 nitrogen and oxygen atoms in total. The predicted molar refractivity (Wildman–Crippen MR) is 60.1 cm³/mol. The van der Waals surface area contributed by atoms with Crippen molar-refractivity contribution in [3.05, 3.63) is 24.2 Å². The van der Waals surface area contributed by atoms with Crippen molar-refractivity contribution in [3.8, 4) is 0 Å². The zero-order valence-corrected chi connectivity index (χ0v) is 9.61. The summed E-state index contributed by atoms with van der Waals surface area (Å²) in [4.78, 5) is 11.5. The van der Waals surface area contributed by atoms with Gasteiger partial charge in [-0.25, -0.2) is 0 Å². The smallest absolute Gasteiger partial charge is 0.310 e. The van der Waals surface area contributed by atoms with Gasteiger partial charge >= 0.3 is 5.97 Å². The summed E-state index contributed by atoms with van der Waals surface area (Å²) in [6, 6.07) is 3.68. The molecule has 88 valence electrons. The molecule has 1 aromatic rings. The lowest BCUT2D eigenvalue weighted by Gasteiger charge is -2.23. The van der Waals surface area contributed by atoms with Gasteiger partial charge in [0.15, 0.2) is 0 Å². The number of carbonyl (C=O) groups is 1. The van der Waals surface area contributed by atoms with E-state index in [1.165, 1.54) is 0 Å². The first-order valence-electron chi connectivity index (χ1n) is 5.92. The Hall–Kier alpha value is -1.25. The fourth-order valence-electron chi connectivity index (χ4n) is 2.76. The molecule has 2 atom stereocenters. The van der Waals surface area contributed by atoms with Crippen molar-refractivity contribution in [1.29, 1.82) is 0 Å². The van der Waals surface area contributed by atoms with Crippen molar-refractivity contribution in [3.63, 3.8) is 0 Å². The minimum Gasteiger partial charge on any atom is -0.481 e. The number of carboxylic acids is 1. The van der Waals surface area contributed by atoms with Gasteiger partial charge < -0.3 is 9.52 Å². The Bertz CT molecular complexity index is 355. The van der Waals surface area contributed by atoms with E-state index < -0.39 is 11.4 Å². The second-order valence-electron chi connectivity index (χ2n) is 4.86. The second-order valence-corrected chi connectivity index (χ2v) is 4.86. The first-order chi connectivity index (χ1) is 7.66. The van der Waals surface area contributed by atoms with Crippen molar-refractivity contribution in [2.75, 3.05) is 0 Å². The van der Waals surface area contributed by atoms with Gasteiger partial charge in [-0.1, -0.05) is 13.3 Å². The van der Waals surface area contributed by atoms with Crippen molar-refractivity contribution in [2.24, 2.45) is 11.3 Å². The first-order valence-corrected chi connectivity index (χ1v) is 5.92. The Kier molecular flexibility index (Phi) is 3.03. The molecule has 0 amide bonds. The van der Waals surface area contributed by atoms with E-state index in [2.05, 4.69) is 6.92 Å². The Morgan fingerprint density at radius 3 is 3.00 bits per heavy atom. The summed E-state index contributed by atoms with van der Waals surface area (Å²) in [7, 11) is 0. The molecule has 3 heteroatoms. The molecule has 0 saturated heterocycles. The molecule has 2 unspecified atom stereocenters. The number of furan rings is 1. The van der Waals surface area contributed by atoms with Gasteiger partial charge in [0.05, 0.1) is 11.7 Å². The van der Waals surface area contributed by atoms with E-state index in [-0.39, 0.29) is 0 Å². The van der Waals surface area contributed by atoms with Crippen molar-refractivity contribution < 1.29 is 14.3 Å². The van der Waals surface area contributed by atoms with Crippen LogP contribution in [-0.2, 0) is 11.2 Å². The van der Waals surface area contributed by atoms with E-state index in [1.54, 1.807) is 6.26 Å². The Labute approximate surface area is 95.5 Å². The summed E-state index contributed by atoms with van der Waals surface area (Å²) in [5.74, 6) is 0.685. The van der Waals surface area contributed by atoms with Crippen LogP contribution >= 0.6 is 0 Å². The van der Waals surface area contributed by atoms with Crippen LogP contribution in [0.1, 0.15) is 38.4 Å². The molecule has 1 aliphatic rings. The number of carboxylic acid groups (broad SMARTS) is 1. The highest BCUT2D eigenvalue weighted by Crippen LogP contribution is 2.45. The molecule has 0 aliphatic heterocycles. The first kappa shape index (κ1) is 11.2. The summed E-state index contributed by atoms with van der Waals surface area (Å²) >= 11 is 0. The molecule has 0 bridgehead atoms. The topological polar surface area (TPSA) is 50.4 Å². The molecule has 1 aliphatic carbocycles.